The lowest BCUT2D eigenvalue weighted by atomic mass is 9.73. The van der Waals surface area contributed by atoms with E-state index >= 15 is 0 Å². The van der Waals surface area contributed by atoms with Crippen molar-refractivity contribution in [2.24, 2.45) is 28.8 Å². The molecule has 0 saturated carbocycles. The van der Waals surface area contributed by atoms with Gasteiger partial charge in [-0.3, -0.25) is 9.78 Å². The van der Waals surface area contributed by atoms with Crippen LogP contribution in [0.4, 0.5) is 4.79 Å². The lowest BCUT2D eigenvalue weighted by molar-refractivity contribution is -0.301. The van der Waals surface area contributed by atoms with Crippen LogP contribution in [0.3, 0.4) is 0 Å². The predicted molar refractivity (Wildman–Crippen MR) is 213 cm³/mol. The van der Waals surface area contributed by atoms with Gasteiger partial charge in [-0.05, 0) is 84.8 Å². The molecule has 3 aliphatic rings. The Morgan fingerprint density at radius 2 is 1.72 bits per heavy atom. The number of rotatable bonds is 10. The monoisotopic (exact) mass is 799 g/mol. The van der Waals surface area contributed by atoms with Gasteiger partial charge in [-0.15, -0.1) is 0 Å². The summed E-state index contributed by atoms with van der Waals surface area (Å²) in [5.74, 6) is -3.36. The molecule has 3 saturated heterocycles. The second-order valence-electron chi connectivity index (χ2n) is 17.1. The van der Waals surface area contributed by atoms with Gasteiger partial charge in [0.15, 0.2) is 18.0 Å². The van der Waals surface area contributed by atoms with Crippen LogP contribution in [0.5, 0.6) is 0 Å². The zero-order valence-electron chi connectivity index (χ0n) is 35.5. The minimum atomic E-state index is -1.38. The van der Waals surface area contributed by atoms with Crippen LogP contribution in [0.15, 0.2) is 41.8 Å². The highest BCUT2D eigenvalue weighted by molar-refractivity contribution is 5.89. The SMILES string of the molecule is CC[C@H]1OC(=O)[C@H](C)[C@@H](O)[C@H](C)[C@@H](O[C@@H]2O[C@H](C)C[C@H](N(C)C)[C@H]2O)[C@](C)(OC)C[C@@H](C)/C(=N\OCCCc2cncc3ccccc23)[C@H](C)[C@H]2OC(=O)O[C@@]21C. The minimum Gasteiger partial charge on any atom is -0.458 e. The standard InChI is InChI=1S/C43H65N3O11/c1-12-33-43(8)38(56-41(50)57-43)26(4)34(45-52-19-15-17-30-23-44-22-29-16-13-14-18-31(29)30)24(2)21-42(7,51-11)37(27(5)35(47)28(6)39(49)54-33)55-40-36(48)32(46(9)10)20-25(3)53-40/h13-14,16,18,22-28,32-33,35-38,40,47-48H,12,15,17,19-21H2,1-11H3/b45-34+/t24-,25-,26+,27+,28-,32+,33-,35+,36-,37-,38-,40+,42-,43-/m1/s1. The van der Waals surface area contributed by atoms with Gasteiger partial charge in [0.25, 0.3) is 0 Å². The molecule has 318 valence electrons. The van der Waals surface area contributed by atoms with Crippen LogP contribution in [0.25, 0.3) is 10.8 Å². The molecule has 14 atom stereocenters. The number of carbonyl (C=O) groups excluding carboxylic acids is 2. The highest BCUT2D eigenvalue weighted by atomic mass is 16.8. The molecule has 0 spiro atoms. The Balaban J connectivity index is 1.52. The maximum atomic E-state index is 13.9. The van der Waals surface area contributed by atoms with Gasteiger partial charge in [-0.1, -0.05) is 57.1 Å². The summed E-state index contributed by atoms with van der Waals surface area (Å²) < 4.78 is 37.1. The van der Waals surface area contributed by atoms with Crippen molar-refractivity contribution in [3.63, 3.8) is 0 Å². The zero-order valence-corrected chi connectivity index (χ0v) is 35.5. The number of hydrogen-bond acceptors (Lipinski definition) is 14. The van der Waals surface area contributed by atoms with Crippen LogP contribution in [-0.2, 0) is 44.5 Å². The van der Waals surface area contributed by atoms with E-state index in [1.165, 1.54) is 0 Å². The molecule has 5 rings (SSSR count). The number of carbonyl (C=O) groups is 2. The molecule has 57 heavy (non-hydrogen) atoms. The molecule has 14 heteroatoms. The number of nitrogens with zero attached hydrogens (tertiary/aromatic N) is 3. The van der Waals surface area contributed by atoms with E-state index < -0.39 is 77.9 Å². The van der Waals surface area contributed by atoms with E-state index in [0.717, 1.165) is 22.8 Å². The molecule has 2 N–H and O–H groups in total. The predicted octanol–water partition coefficient (Wildman–Crippen LogP) is 5.68. The van der Waals surface area contributed by atoms with Crippen LogP contribution < -0.4 is 0 Å². The highest BCUT2D eigenvalue weighted by Gasteiger charge is 2.58. The Bertz CT molecular complexity index is 1700. The number of benzene rings is 1. The van der Waals surface area contributed by atoms with E-state index in [1.807, 2.05) is 84.2 Å². The fourth-order valence-corrected chi connectivity index (χ4v) is 9.21. The second-order valence-corrected chi connectivity index (χ2v) is 17.1. The molecular weight excluding hydrogens is 734 g/mol. The van der Waals surface area contributed by atoms with Crippen molar-refractivity contribution in [2.45, 2.75) is 148 Å². The average Bonchev–Trinajstić information content (AvgIpc) is 3.50. The number of likely N-dealkylation sites (N-methyl/N-ethyl adjacent to an activating group) is 1. The fraction of sp³-hybridized carbons (Fsp3) is 0.721. The molecule has 3 fully saturated rings. The Morgan fingerprint density at radius 3 is 2.40 bits per heavy atom. The molecule has 1 aromatic carbocycles. The number of aliphatic hydroxyl groups excluding tert-OH is 2. The summed E-state index contributed by atoms with van der Waals surface area (Å²) in [6, 6.07) is 7.88. The first kappa shape index (κ1) is 44.7. The van der Waals surface area contributed by atoms with Crippen LogP contribution in [0, 0.1) is 23.7 Å². The Morgan fingerprint density at radius 1 is 1.00 bits per heavy atom. The summed E-state index contributed by atoms with van der Waals surface area (Å²) >= 11 is 0. The largest absolute Gasteiger partial charge is 0.509 e. The van der Waals surface area contributed by atoms with Gasteiger partial charge in [0.2, 0.25) is 0 Å². The smallest absolute Gasteiger partial charge is 0.458 e. The maximum Gasteiger partial charge on any atom is 0.509 e. The summed E-state index contributed by atoms with van der Waals surface area (Å²) in [4.78, 5) is 39.3. The van der Waals surface area contributed by atoms with Gasteiger partial charge in [0.05, 0.1) is 35.5 Å². The lowest BCUT2D eigenvalue weighted by Gasteiger charge is -2.48. The van der Waals surface area contributed by atoms with Crippen LogP contribution >= 0.6 is 0 Å². The molecule has 0 bridgehead atoms. The molecule has 4 heterocycles. The third-order valence-corrected chi connectivity index (χ3v) is 12.6. The fourth-order valence-electron chi connectivity index (χ4n) is 9.21. The molecule has 14 nitrogen and oxygen atoms in total. The number of hydrogen-bond donors (Lipinski definition) is 2. The Kier molecular flexibility index (Phi) is 14.6. The molecule has 0 radical (unpaired) electrons. The topological polar surface area (TPSA) is 168 Å². The van der Waals surface area contributed by atoms with E-state index in [2.05, 4.69) is 11.1 Å². The van der Waals surface area contributed by atoms with Crippen molar-refractivity contribution in [3.05, 3.63) is 42.2 Å². The van der Waals surface area contributed by atoms with E-state index in [9.17, 15) is 19.8 Å². The van der Waals surface area contributed by atoms with E-state index in [-0.39, 0.29) is 18.1 Å². The highest BCUT2D eigenvalue weighted by Crippen LogP contribution is 2.42. The molecular formula is C43H65N3O11. The Labute approximate surface area is 337 Å². The summed E-state index contributed by atoms with van der Waals surface area (Å²) in [5, 5.41) is 30.4. The van der Waals surface area contributed by atoms with Crippen molar-refractivity contribution >= 4 is 28.6 Å². The van der Waals surface area contributed by atoms with Gasteiger partial charge in [0, 0.05) is 48.7 Å². The van der Waals surface area contributed by atoms with Crippen molar-refractivity contribution in [3.8, 4) is 0 Å². The first-order chi connectivity index (χ1) is 26.9. The molecule has 0 amide bonds. The quantitative estimate of drug-likeness (QED) is 0.171. The van der Waals surface area contributed by atoms with Crippen molar-refractivity contribution in [1.82, 2.24) is 9.88 Å². The van der Waals surface area contributed by atoms with Gasteiger partial charge >= 0.3 is 12.1 Å². The number of ether oxygens (including phenoxy) is 6. The van der Waals surface area contributed by atoms with Crippen molar-refractivity contribution in [1.29, 1.82) is 0 Å². The summed E-state index contributed by atoms with van der Waals surface area (Å²) in [6.07, 6.45) is -0.843. The number of pyridine rings is 1. The van der Waals surface area contributed by atoms with Gasteiger partial charge < -0.3 is 48.4 Å². The number of aliphatic hydroxyl groups is 2. The maximum absolute atomic E-state index is 13.9. The van der Waals surface area contributed by atoms with E-state index in [1.54, 1.807) is 27.9 Å². The zero-order chi connectivity index (χ0) is 41.8. The van der Waals surface area contributed by atoms with Crippen LogP contribution in [0.2, 0.25) is 0 Å². The number of aromatic nitrogens is 1. The number of cyclic esters (lactones) is 1. The third kappa shape index (κ3) is 9.57. The Hall–Kier alpha value is -3.40. The van der Waals surface area contributed by atoms with E-state index in [4.69, 9.17) is 38.4 Å². The summed E-state index contributed by atoms with van der Waals surface area (Å²) in [5.41, 5.74) is -0.840. The number of methoxy groups -OCH3 is 1. The molecule has 3 aliphatic heterocycles. The van der Waals surface area contributed by atoms with Crippen molar-refractivity contribution in [2.75, 3.05) is 27.8 Å². The lowest BCUT2D eigenvalue weighted by Crippen LogP contribution is -2.60. The number of fused-ring (bicyclic) bond motifs is 2. The third-order valence-electron chi connectivity index (χ3n) is 12.6. The van der Waals surface area contributed by atoms with Crippen LogP contribution in [-0.4, -0.2) is 126 Å². The normalized spacial score (nSPS) is 38.9. The molecule has 1 aromatic heterocycles. The minimum absolute atomic E-state index is 0.226. The first-order valence-corrected chi connectivity index (χ1v) is 20.5. The molecule has 0 unspecified atom stereocenters. The summed E-state index contributed by atoms with van der Waals surface area (Å²) in [7, 11) is 5.37. The number of oxime groups is 1. The van der Waals surface area contributed by atoms with E-state index in [0.29, 0.717) is 38.0 Å². The summed E-state index contributed by atoms with van der Waals surface area (Å²) in [6.45, 7) is 14.9. The average molecular weight is 800 g/mol. The van der Waals surface area contributed by atoms with Crippen molar-refractivity contribution < 1.29 is 53.1 Å². The number of aryl methyl sites for hydroxylation is 1. The second kappa shape index (κ2) is 18.7. The molecule has 0 aliphatic carbocycles. The number of esters is 1. The van der Waals surface area contributed by atoms with Gasteiger partial charge in [0.1, 0.15) is 18.8 Å². The van der Waals surface area contributed by atoms with Gasteiger partial charge in [-0.25, -0.2) is 4.79 Å². The van der Waals surface area contributed by atoms with Gasteiger partial charge in [-0.2, -0.15) is 0 Å². The first-order valence-electron chi connectivity index (χ1n) is 20.5. The van der Waals surface area contributed by atoms with Crippen LogP contribution in [0.1, 0.15) is 86.6 Å². The molecule has 2 aromatic rings.